The van der Waals surface area contributed by atoms with Gasteiger partial charge in [-0.3, -0.25) is 19.4 Å². The van der Waals surface area contributed by atoms with Crippen LogP contribution < -0.4 is 23.7 Å². The fourth-order valence-corrected chi connectivity index (χ4v) is 13.3. The van der Waals surface area contributed by atoms with E-state index >= 15 is 9.59 Å². The van der Waals surface area contributed by atoms with Crippen LogP contribution in [0.15, 0.2) is 42.5 Å². The van der Waals surface area contributed by atoms with Crippen molar-refractivity contribution in [3.05, 3.63) is 98.1 Å². The quantitative estimate of drug-likeness (QED) is 0.166. The number of benzene rings is 4. The van der Waals surface area contributed by atoms with E-state index in [0.29, 0.717) is 51.3 Å². The first-order valence-electron chi connectivity index (χ1n) is 21.6. The molecule has 2 saturated heterocycles. The Balaban J connectivity index is 1.26. The van der Waals surface area contributed by atoms with Crippen LogP contribution in [0.5, 0.6) is 40.2 Å². The van der Waals surface area contributed by atoms with Gasteiger partial charge < -0.3 is 43.5 Å². The molecule has 7 aliphatic heterocycles. The number of hydrogen-bond acceptors (Lipinski definition) is 15. The monoisotopic (exact) mass is 942 g/mol. The van der Waals surface area contributed by atoms with Crippen molar-refractivity contribution < 1.29 is 66.2 Å². The van der Waals surface area contributed by atoms with Crippen molar-refractivity contribution in [2.45, 2.75) is 80.8 Å². The molecule has 1 spiro atoms. The molecular weight excluding hydrogens is 898 g/mol. The van der Waals surface area contributed by atoms with E-state index in [2.05, 4.69) is 11.0 Å². The SMILES string of the molecule is COc1cc2c(cc1O)CCN(C(=O)c1cccc(C(F)(F)F)c1)[C@]21CS[C@@H]2c3c(OC(C)=O)c(C)c4c(c3[C@H](COC1=O)N1[C@@H]2[C@@H]2c3c(cc(C)c(OC)c3O)C[C@@H]([C@@H]1C#N)N2C)OCO4. The van der Waals surface area contributed by atoms with Crippen LogP contribution in [0, 0.1) is 25.2 Å². The minimum Gasteiger partial charge on any atom is -0.504 e. The molecule has 19 heteroatoms. The minimum absolute atomic E-state index is 0.0322. The van der Waals surface area contributed by atoms with Crippen molar-refractivity contribution in [1.29, 1.82) is 5.26 Å². The Hall–Kier alpha value is -6.36. The summed E-state index contributed by atoms with van der Waals surface area (Å²) in [7, 11) is 4.67. The maximum atomic E-state index is 15.6. The van der Waals surface area contributed by atoms with Gasteiger partial charge in [-0.15, -0.1) is 11.8 Å². The fourth-order valence-electron chi connectivity index (χ4n) is 11.6. The van der Waals surface area contributed by atoms with Crippen LogP contribution in [0.25, 0.3) is 0 Å². The summed E-state index contributed by atoms with van der Waals surface area (Å²) >= 11 is 1.19. The van der Waals surface area contributed by atoms with Gasteiger partial charge in [-0.1, -0.05) is 12.1 Å². The molecule has 4 bridgehead atoms. The highest BCUT2D eigenvalue weighted by Gasteiger charge is 2.63. The molecule has 0 aliphatic carbocycles. The molecule has 67 heavy (non-hydrogen) atoms. The summed E-state index contributed by atoms with van der Waals surface area (Å²) < 4.78 is 78.7. The molecule has 11 rings (SSSR count). The normalized spacial score (nSPS) is 26.1. The number of rotatable bonds is 4. The Kier molecular flexibility index (Phi) is 10.5. The number of phenols is 2. The van der Waals surface area contributed by atoms with E-state index in [0.717, 1.165) is 23.8 Å². The molecule has 15 nitrogen and oxygen atoms in total. The molecule has 2 N–H and O–H groups in total. The number of amides is 1. The van der Waals surface area contributed by atoms with Gasteiger partial charge >= 0.3 is 18.1 Å². The van der Waals surface area contributed by atoms with E-state index < -0.39 is 77.2 Å². The number of aromatic hydroxyl groups is 2. The molecule has 0 saturated carbocycles. The highest BCUT2D eigenvalue weighted by atomic mass is 32.2. The number of likely N-dealkylation sites (N-methyl/N-ethyl adjacent to an activating group) is 1. The number of hydrogen-bond donors (Lipinski definition) is 2. The molecule has 0 aromatic heterocycles. The van der Waals surface area contributed by atoms with Gasteiger partial charge in [-0.25, -0.2) is 4.79 Å². The van der Waals surface area contributed by atoms with E-state index in [1.54, 1.807) is 6.92 Å². The Labute approximate surface area is 386 Å². The van der Waals surface area contributed by atoms with E-state index in [9.17, 15) is 33.4 Å². The predicted octanol–water partition coefficient (Wildman–Crippen LogP) is 6.56. The van der Waals surface area contributed by atoms with E-state index in [1.165, 1.54) is 56.0 Å². The molecule has 4 aromatic carbocycles. The minimum atomic E-state index is -4.79. The van der Waals surface area contributed by atoms with Crippen LogP contribution in [0.4, 0.5) is 13.2 Å². The molecule has 0 radical (unpaired) electrons. The van der Waals surface area contributed by atoms with Gasteiger partial charge in [-0.05, 0) is 86.3 Å². The van der Waals surface area contributed by atoms with Crippen LogP contribution in [0.3, 0.4) is 0 Å². The second kappa shape index (κ2) is 15.9. The summed E-state index contributed by atoms with van der Waals surface area (Å²) in [6, 6.07) is 7.58. The highest BCUT2D eigenvalue weighted by Crippen LogP contribution is 2.65. The van der Waals surface area contributed by atoms with Gasteiger partial charge in [-0.2, -0.15) is 18.4 Å². The molecule has 2 fully saturated rings. The van der Waals surface area contributed by atoms with Gasteiger partial charge in [0.05, 0.1) is 43.2 Å². The maximum absolute atomic E-state index is 15.6. The van der Waals surface area contributed by atoms with Gasteiger partial charge in [0.2, 0.25) is 6.79 Å². The summed E-state index contributed by atoms with van der Waals surface area (Å²) in [4.78, 5) is 49.1. The summed E-state index contributed by atoms with van der Waals surface area (Å²) in [6.45, 7) is 3.99. The van der Waals surface area contributed by atoms with Crippen LogP contribution in [0.2, 0.25) is 0 Å². The van der Waals surface area contributed by atoms with Crippen molar-refractivity contribution in [2.24, 2.45) is 0 Å². The molecule has 7 heterocycles. The molecule has 350 valence electrons. The van der Waals surface area contributed by atoms with Crippen molar-refractivity contribution in [1.82, 2.24) is 14.7 Å². The third-order valence-electron chi connectivity index (χ3n) is 14.3. The van der Waals surface area contributed by atoms with E-state index in [-0.39, 0.29) is 65.4 Å². The number of phenolic OH excluding ortho intramolecular Hbond substituents is 2. The number of alkyl halides is 3. The number of aryl methyl sites for hydroxylation is 1. The van der Waals surface area contributed by atoms with Crippen molar-refractivity contribution >= 4 is 29.6 Å². The third kappa shape index (κ3) is 6.42. The number of carbonyl (C=O) groups excluding carboxylic acids is 3. The summed E-state index contributed by atoms with van der Waals surface area (Å²) in [6.07, 6.45) is -4.33. The number of thioether (sulfide) groups is 1. The van der Waals surface area contributed by atoms with E-state index in [4.69, 9.17) is 28.4 Å². The zero-order valence-electron chi connectivity index (χ0n) is 37.1. The first-order chi connectivity index (χ1) is 32.0. The largest absolute Gasteiger partial charge is 0.504 e. The second-order valence-electron chi connectivity index (χ2n) is 17.7. The topological polar surface area (TPSA) is 181 Å². The van der Waals surface area contributed by atoms with Gasteiger partial charge in [0.25, 0.3) is 5.91 Å². The van der Waals surface area contributed by atoms with Crippen LogP contribution in [-0.2, 0) is 38.9 Å². The van der Waals surface area contributed by atoms with Crippen LogP contribution >= 0.6 is 11.8 Å². The number of piperazine rings is 1. The standard InChI is InChI=1S/C48H45F3N4O11S/c1-21-12-26-14-29-30(17-52)55-31-18-63-46(60)47(28-16-33(61-5)32(57)15-24(28)10-11-54(47)45(59)25-8-7-9-27(13-25)48(49,50)51)19-67-44(38(55)37(53(29)4)34(26)39(58)40(21)62-6)36-35(31)43-42(64-20-65-43)22(2)41(36)66-23(3)56/h7-9,12-13,15-16,29-31,37-38,44,57-58H,10-11,14,18-20H2,1-6H3/t29-,30-,31-,37-,38+,44+,47+/m0/s1. The van der Waals surface area contributed by atoms with Crippen molar-refractivity contribution in [2.75, 3.05) is 47.0 Å². The zero-order chi connectivity index (χ0) is 47.6. The Morgan fingerprint density at radius 2 is 1.75 bits per heavy atom. The number of fused-ring (bicyclic) bond motifs is 9. The third-order valence-corrected chi connectivity index (χ3v) is 15.8. The van der Waals surface area contributed by atoms with Gasteiger partial charge in [0, 0.05) is 59.1 Å². The number of nitriles is 1. The lowest BCUT2D eigenvalue weighted by Crippen LogP contribution is -2.69. The van der Waals surface area contributed by atoms with E-state index in [1.807, 2.05) is 24.9 Å². The Morgan fingerprint density at radius 3 is 2.45 bits per heavy atom. The number of ether oxygens (including phenoxy) is 6. The number of halogens is 3. The highest BCUT2D eigenvalue weighted by molar-refractivity contribution is 7.99. The lowest BCUT2D eigenvalue weighted by Gasteiger charge is -2.62. The van der Waals surface area contributed by atoms with Crippen LogP contribution in [0.1, 0.15) is 84.7 Å². The Bertz CT molecular complexity index is 2850. The molecular formula is C48H45F3N4O11S. The summed E-state index contributed by atoms with van der Waals surface area (Å²) in [5.74, 6) is -2.09. The first-order valence-corrected chi connectivity index (χ1v) is 22.6. The molecule has 7 atom stereocenters. The number of methoxy groups -OCH3 is 2. The summed E-state index contributed by atoms with van der Waals surface area (Å²) in [5, 5.41) is 33.7. The predicted molar refractivity (Wildman–Crippen MR) is 232 cm³/mol. The smallest absolute Gasteiger partial charge is 0.416 e. The average molecular weight is 943 g/mol. The molecule has 1 amide bonds. The van der Waals surface area contributed by atoms with Gasteiger partial charge in [0.15, 0.2) is 40.0 Å². The zero-order valence-corrected chi connectivity index (χ0v) is 38.0. The van der Waals surface area contributed by atoms with Gasteiger partial charge in [0.1, 0.15) is 18.4 Å². The fraction of sp³-hybridized carbons (Fsp3) is 0.417. The second-order valence-corrected chi connectivity index (χ2v) is 18.8. The maximum Gasteiger partial charge on any atom is 0.416 e. The lowest BCUT2D eigenvalue weighted by atomic mass is 9.71. The summed E-state index contributed by atoms with van der Waals surface area (Å²) in [5.41, 5.74) is 0.640. The Morgan fingerprint density at radius 1 is 0.985 bits per heavy atom. The average Bonchev–Trinajstić information content (AvgIpc) is 3.79. The number of nitrogens with zero attached hydrogens (tertiary/aromatic N) is 4. The molecule has 4 aromatic rings. The lowest BCUT2D eigenvalue weighted by molar-refractivity contribution is -0.162. The van der Waals surface area contributed by atoms with Crippen molar-refractivity contribution in [3.63, 3.8) is 0 Å². The number of carbonyl (C=O) groups is 3. The molecule has 7 aliphatic rings. The number of esters is 2. The first kappa shape index (κ1) is 44.5. The molecule has 0 unspecified atom stereocenters. The van der Waals surface area contributed by atoms with Crippen LogP contribution in [-0.4, -0.2) is 108 Å². The van der Waals surface area contributed by atoms with Crippen molar-refractivity contribution in [3.8, 4) is 46.3 Å².